The average molecular weight is 331 g/mol. The Morgan fingerprint density at radius 1 is 1.43 bits per heavy atom. The highest BCUT2D eigenvalue weighted by atomic mass is 35.5. The van der Waals surface area contributed by atoms with Gasteiger partial charge < -0.3 is 5.11 Å². The molecule has 2 rings (SSSR count). The molecule has 0 bridgehead atoms. The topological polar surface area (TPSA) is 97.1 Å². The molecule has 7 nitrogen and oxygen atoms in total. The Kier molecular flexibility index (Phi) is 4.94. The van der Waals surface area contributed by atoms with Crippen molar-refractivity contribution in [3.8, 4) is 0 Å². The Bertz CT molecular complexity index is 730. The number of benzene rings is 1. The van der Waals surface area contributed by atoms with Gasteiger partial charge in [0.25, 0.3) is 0 Å². The third-order valence-corrected chi connectivity index (χ3v) is 4.60. The Hall–Kier alpha value is -1.48. The van der Waals surface area contributed by atoms with E-state index in [0.29, 0.717) is 17.8 Å². The number of aromatic nitrogens is 3. The highest BCUT2D eigenvalue weighted by Crippen LogP contribution is 2.20. The zero-order chi connectivity index (χ0) is 15.5. The summed E-state index contributed by atoms with van der Waals surface area (Å²) in [5.41, 5.74) is 0.480. The molecule has 114 valence electrons. The van der Waals surface area contributed by atoms with Crippen LogP contribution in [0, 0.1) is 0 Å². The van der Waals surface area contributed by atoms with Gasteiger partial charge in [0.15, 0.2) is 5.82 Å². The van der Waals surface area contributed by atoms with E-state index in [4.69, 9.17) is 16.7 Å². The largest absolute Gasteiger partial charge is 0.392 e. The lowest BCUT2D eigenvalue weighted by Gasteiger charge is -2.07. The smallest absolute Gasteiger partial charge is 0.240 e. The third kappa shape index (κ3) is 4.01. The summed E-state index contributed by atoms with van der Waals surface area (Å²) in [6.07, 6.45) is 1.94. The van der Waals surface area contributed by atoms with Crippen molar-refractivity contribution < 1.29 is 13.5 Å². The van der Waals surface area contributed by atoms with Crippen LogP contribution in [0.3, 0.4) is 0 Å². The van der Waals surface area contributed by atoms with E-state index in [1.54, 1.807) is 18.1 Å². The minimum absolute atomic E-state index is 0.0543. The molecule has 0 unspecified atom stereocenters. The molecule has 1 aromatic heterocycles. The van der Waals surface area contributed by atoms with Gasteiger partial charge in [0.1, 0.15) is 6.33 Å². The van der Waals surface area contributed by atoms with E-state index in [-0.39, 0.29) is 23.1 Å². The normalized spacial score (nSPS) is 11.8. The highest BCUT2D eigenvalue weighted by molar-refractivity contribution is 7.89. The van der Waals surface area contributed by atoms with Crippen LogP contribution in [0.4, 0.5) is 0 Å². The van der Waals surface area contributed by atoms with Crippen LogP contribution >= 0.6 is 11.6 Å². The Labute approximate surface area is 127 Å². The van der Waals surface area contributed by atoms with Gasteiger partial charge in [-0.15, -0.1) is 0 Å². The molecule has 2 aromatic rings. The van der Waals surface area contributed by atoms with Gasteiger partial charge in [-0.1, -0.05) is 17.7 Å². The molecule has 1 aromatic carbocycles. The number of halogens is 1. The molecule has 1 heterocycles. The van der Waals surface area contributed by atoms with Crippen LogP contribution < -0.4 is 4.72 Å². The van der Waals surface area contributed by atoms with Gasteiger partial charge in [-0.3, -0.25) is 4.68 Å². The van der Waals surface area contributed by atoms with Crippen molar-refractivity contribution in [3.63, 3.8) is 0 Å². The van der Waals surface area contributed by atoms with Gasteiger partial charge in [0.05, 0.1) is 11.5 Å². The maximum absolute atomic E-state index is 12.1. The summed E-state index contributed by atoms with van der Waals surface area (Å²) >= 11 is 5.89. The Morgan fingerprint density at radius 2 is 2.19 bits per heavy atom. The summed E-state index contributed by atoms with van der Waals surface area (Å²) in [6.45, 7) is -0.0519. The molecule has 0 atom stereocenters. The SMILES string of the molecule is Cn1cnc(CCNS(=O)(=O)c2ccc(CO)c(Cl)c2)n1. The number of nitrogens with zero attached hydrogens (tertiary/aromatic N) is 3. The number of aliphatic hydroxyl groups is 1. The van der Waals surface area contributed by atoms with E-state index < -0.39 is 10.0 Å². The first-order valence-corrected chi connectivity index (χ1v) is 8.02. The lowest BCUT2D eigenvalue weighted by molar-refractivity contribution is 0.282. The van der Waals surface area contributed by atoms with E-state index in [0.717, 1.165) is 0 Å². The van der Waals surface area contributed by atoms with Crippen LogP contribution in [0.1, 0.15) is 11.4 Å². The zero-order valence-electron chi connectivity index (χ0n) is 11.3. The molecular formula is C12H15ClN4O3S. The first-order chi connectivity index (χ1) is 9.92. The monoisotopic (exact) mass is 330 g/mol. The van der Waals surface area contributed by atoms with E-state index in [9.17, 15) is 8.42 Å². The summed E-state index contributed by atoms with van der Waals surface area (Å²) in [5.74, 6) is 0.564. The van der Waals surface area contributed by atoms with Crippen molar-refractivity contribution >= 4 is 21.6 Å². The number of rotatable bonds is 6. The molecule has 0 aliphatic rings. The van der Waals surface area contributed by atoms with Crippen molar-refractivity contribution in [1.29, 1.82) is 0 Å². The van der Waals surface area contributed by atoms with Crippen LogP contribution in [-0.4, -0.2) is 34.8 Å². The van der Waals surface area contributed by atoms with Gasteiger partial charge in [-0.2, -0.15) is 5.10 Å². The second kappa shape index (κ2) is 6.52. The molecule has 0 saturated carbocycles. The van der Waals surface area contributed by atoms with E-state index in [2.05, 4.69) is 14.8 Å². The average Bonchev–Trinajstić information content (AvgIpc) is 2.84. The predicted octanol–water partition coefficient (Wildman–Crippen LogP) is 0.482. The summed E-state index contributed by atoms with van der Waals surface area (Å²) < 4.78 is 28.2. The fourth-order valence-electron chi connectivity index (χ4n) is 1.70. The fourth-order valence-corrected chi connectivity index (χ4v) is 3.07. The lowest BCUT2D eigenvalue weighted by atomic mass is 10.2. The summed E-state index contributed by atoms with van der Waals surface area (Å²) in [7, 11) is -1.91. The number of aryl methyl sites for hydroxylation is 1. The Morgan fingerprint density at radius 3 is 2.76 bits per heavy atom. The molecule has 0 spiro atoms. The zero-order valence-corrected chi connectivity index (χ0v) is 12.9. The van der Waals surface area contributed by atoms with Crippen molar-refractivity contribution in [1.82, 2.24) is 19.5 Å². The molecule has 0 fully saturated rings. The van der Waals surface area contributed by atoms with Gasteiger partial charge in [0.2, 0.25) is 10.0 Å². The van der Waals surface area contributed by atoms with Crippen molar-refractivity contribution in [3.05, 3.63) is 40.9 Å². The Balaban J connectivity index is 2.02. The van der Waals surface area contributed by atoms with Crippen LogP contribution in [0.15, 0.2) is 29.4 Å². The second-order valence-corrected chi connectivity index (χ2v) is 6.57. The van der Waals surface area contributed by atoms with Crippen molar-refractivity contribution in [2.45, 2.75) is 17.9 Å². The fraction of sp³-hybridized carbons (Fsp3) is 0.333. The summed E-state index contributed by atoms with van der Waals surface area (Å²) in [4.78, 5) is 4.07. The molecule has 9 heteroatoms. The van der Waals surface area contributed by atoms with E-state index in [1.165, 1.54) is 18.2 Å². The number of sulfonamides is 1. The molecule has 2 N–H and O–H groups in total. The van der Waals surface area contributed by atoms with Gasteiger partial charge >= 0.3 is 0 Å². The molecule has 0 aliphatic heterocycles. The number of nitrogens with one attached hydrogen (secondary N) is 1. The summed E-state index contributed by atoms with van der Waals surface area (Å²) in [6, 6.07) is 4.20. The van der Waals surface area contributed by atoms with E-state index >= 15 is 0 Å². The van der Waals surface area contributed by atoms with Crippen molar-refractivity contribution in [2.24, 2.45) is 7.05 Å². The maximum atomic E-state index is 12.1. The number of hydrogen-bond acceptors (Lipinski definition) is 5. The molecule has 0 aliphatic carbocycles. The number of aliphatic hydroxyl groups excluding tert-OH is 1. The van der Waals surface area contributed by atoms with Crippen molar-refractivity contribution in [2.75, 3.05) is 6.54 Å². The molecule has 0 radical (unpaired) electrons. The lowest BCUT2D eigenvalue weighted by Crippen LogP contribution is -2.26. The quantitative estimate of drug-likeness (QED) is 0.803. The molecular weight excluding hydrogens is 316 g/mol. The molecule has 21 heavy (non-hydrogen) atoms. The molecule has 0 saturated heterocycles. The van der Waals surface area contributed by atoms with Gasteiger partial charge in [0, 0.05) is 25.0 Å². The third-order valence-electron chi connectivity index (χ3n) is 2.79. The van der Waals surface area contributed by atoms with E-state index in [1.807, 2.05) is 0 Å². The predicted molar refractivity (Wildman–Crippen MR) is 77.3 cm³/mol. The minimum atomic E-state index is -3.65. The maximum Gasteiger partial charge on any atom is 0.240 e. The second-order valence-electron chi connectivity index (χ2n) is 4.39. The highest BCUT2D eigenvalue weighted by Gasteiger charge is 2.15. The number of hydrogen-bond donors (Lipinski definition) is 2. The van der Waals surface area contributed by atoms with Crippen LogP contribution in [0.2, 0.25) is 5.02 Å². The van der Waals surface area contributed by atoms with Gasteiger partial charge in [-0.05, 0) is 17.7 Å². The van der Waals surface area contributed by atoms with Gasteiger partial charge in [-0.25, -0.2) is 18.1 Å². The van der Waals surface area contributed by atoms with Crippen LogP contribution in [0.5, 0.6) is 0 Å². The standard InChI is InChI=1S/C12H15ClN4O3S/c1-17-8-14-12(16-17)4-5-15-21(19,20)10-3-2-9(7-18)11(13)6-10/h2-3,6,8,15,18H,4-5,7H2,1H3. The van der Waals surface area contributed by atoms with Crippen LogP contribution in [0.25, 0.3) is 0 Å². The minimum Gasteiger partial charge on any atom is -0.392 e. The van der Waals surface area contributed by atoms with Crippen LogP contribution in [-0.2, 0) is 30.1 Å². The molecule has 0 amide bonds. The first-order valence-electron chi connectivity index (χ1n) is 6.16. The first kappa shape index (κ1) is 15.9. The summed E-state index contributed by atoms with van der Waals surface area (Å²) in [5, 5.41) is 13.3.